The maximum atomic E-state index is 12.5. The fraction of sp³-hybridized carbons (Fsp3) is 0.250. The normalized spacial score (nSPS) is 16.5. The van der Waals surface area contributed by atoms with Gasteiger partial charge < -0.3 is 5.32 Å². The Morgan fingerprint density at radius 2 is 1.67 bits per heavy atom. The maximum Gasteiger partial charge on any atom is 0.251 e. The van der Waals surface area contributed by atoms with Crippen molar-refractivity contribution in [2.24, 2.45) is 0 Å². The Kier molecular flexibility index (Phi) is 6.31. The summed E-state index contributed by atoms with van der Waals surface area (Å²) in [7, 11) is -3.49. The molecule has 2 aromatic carbocycles. The topological polar surface area (TPSA) is 66.5 Å². The summed E-state index contributed by atoms with van der Waals surface area (Å²) < 4.78 is 26.5. The van der Waals surface area contributed by atoms with Crippen molar-refractivity contribution in [3.05, 3.63) is 76.2 Å². The number of rotatable bonds is 5. The van der Waals surface area contributed by atoms with Gasteiger partial charge in [-0.25, -0.2) is 8.42 Å². The van der Waals surface area contributed by atoms with Gasteiger partial charge in [-0.15, -0.1) is 0 Å². The monoisotopic (exact) mass is 404 g/mol. The molecular weight excluding hydrogens is 384 g/mol. The second kappa shape index (κ2) is 8.69. The number of piperidine rings is 1. The highest BCUT2D eigenvalue weighted by atomic mass is 35.5. The Morgan fingerprint density at radius 1 is 1.04 bits per heavy atom. The van der Waals surface area contributed by atoms with Crippen LogP contribution in [-0.2, 0) is 10.0 Å². The summed E-state index contributed by atoms with van der Waals surface area (Å²) in [5.41, 5.74) is 1.38. The van der Waals surface area contributed by atoms with Crippen molar-refractivity contribution in [2.45, 2.75) is 18.9 Å². The van der Waals surface area contributed by atoms with Crippen LogP contribution in [0.1, 0.15) is 28.8 Å². The van der Waals surface area contributed by atoms with E-state index in [9.17, 15) is 13.2 Å². The zero-order chi connectivity index (χ0) is 19.3. The predicted octanol–water partition coefficient (Wildman–Crippen LogP) is 3.53. The molecule has 5 nitrogen and oxygen atoms in total. The van der Waals surface area contributed by atoms with Gasteiger partial charge in [0.2, 0.25) is 10.0 Å². The lowest BCUT2D eigenvalue weighted by atomic mass is 10.1. The van der Waals surface area contributed by atoms with Crippen molar-refractivity contribution in [1.29, 1.82) is 0 Å². The largest absolute Gasteiger partial charge is 0.349 e. The Labute approximate surface area is 164 Å². The van der Waals surface area contributed by atoms with Gasteiger partial charge >= 0.3 is 0 Å². The molecule has 1 amide bonds. The van der Waals surface area contributed by atoms with Crippen molar-refractivity contribution in [2.75, 3.05) is 13.1 Å². The number of nitrogens with zero attached hydrogens (tertiary/aromatic N) is 1. The first kappa shape index (κ1) is 19.6. The lowest BCUT2D eigenvalue weighted by Crippen LogP contribution is -2.46. The fourth-order valence-corrected chi connectivity index (χ4v) is 4.28. The van der Waals surface area contributed by atoms with E-state index < -0.39 is 10.0 Å². The molecule has 2 aromatic rings. The molecule has 1 N–H and O–H groups in total. The van der Waals surface area contributed by atoms with Crippen LogP contribution in [0.4, 0.5) is 0 Å². The summed E-state index contributed by atoms with van der Waals surface area (Å²) in [4.78, 5) is 12.2. The van der Waals surface area contributed by atoms with Crippen molar-refractivity contribution in [3.63, 3.8) is 0 Å². The number of carbonyl (C=O) groups excluding carboxylic acids is 1. The molecule has 27 heavy (non-hydrogen) atoms. The minimum absolute atomic E-state index is 0.0237. The molecule has 1 heterocycles. The first-order chi connectivity index (χ1) is 12.9. The molecule has 3 rings (SSSR count). The van der Waals surface area contributed by atoms with Crippen molar-refractivity contribution in [1.82, 2.24) is 9.62 Å². The molecule has 0 radical (unpaired) electrons. The highest BCUT2D eigenvalue weighted by molar-refractivity contribution is 7.92. The molecule has 0 spiro atoms. The lowest BCUT2D eigenvalue weighted by molar-refractivity contribution is 0.0924. The van der Waals surface area contributed by atoms with Gasteiger partial charge in [0.1, 0.15) is 0 Å². The minimum atomic E-state index is -3.49. The number of halogens is 1. The first-order valence-electron chi connectivity index (χ1n) is 8.74. The summed E-state index contributed by atoms with van der Waals surface area (Å²) >= 11 is 5.83. The molecule has 1 aliphatic heterocycles. The van der Waals surface area contributed by atoms with Crippen LogP contribution in [-0.4, -0.2) is 37.8 Å². The third-order valence-electron chi connectivity index (χ3n) is 4.49. The molecule has 0 saturated carbocycles. The molecule has 142 valence electrons. The van der Waals surface area contributed by atoms with E-state index in [2.05, 4.69) is 5.32 Å². The standard InChI is InChI=1S/C20H21ClN2O3S/c21-18-8-6-16(7-9-18)12-15-27(25,26)23-13-10-19(11-14-23)22-20(24)17-4-2-1-3-5-17/h1-9,12,15,19H,10-11,13-14H2,(H,22,24)/b15-12+. The van der Waals surface area contributed by atoms with Crippen LogP contribution in [0.15, 0.2) is 60.0 Å². The second-order valence-corrected chi connectivity index (χ2v) is 8.67. The third-order valence-corrected chi connectivity index (χ3v) is 6.30. The number of hydrogen-bond donors (Lipinski definition) is 1. The number of benzene rings is 2. The second-order valence-electron chi connectivity index (χ2n) is 6.41. The Balaban J connectivity index is 1.54. The number of hydrogen-bond acceptors (Lipinski definition) is 3. The summed E-state index contributed by atoms with van der Waals surface area (Å²) in [5, 5.41) is 4.81. The smallest absolute Gasteiger partial charge is 0.251 e. The van der Waals surface area contributed by atoms with Crippen LogP contribution in [0.3, 0.4) is 0 Å². The predicted molar refractivity (Wildman–Crippen MR) is 108 cm³/mol. The minimum Gasteiger partial charge on any atom is -0.349 e. The Bertz CT molecular complexity index is 904. The third kappa shape index (κ3) is 5.42. The highest BCUT2D eigenvalue weighted by Crippen LogP contribution is 2.17. The lowest BCUT2D eigenvalue weighted by Gasteiger charge is -2.30. The highest BCUT2D eigenvalue weighted by Gasteiger charge is 2.27. The number of nitrogens with one attached hydrogen (secondary N) is 1. The first-order valence-corrected chi connectivity index (χ1v) is 10.6. The Morgan fingerprint density at radius 3 is 2.30 bits per heavy atom. The molecule has 0 atom stereocenters. The van der Waals surface area contributed by atoms with E-state index in [1.54, 1.807) is 42.5 Å². The molecule has 0 unspecified atom stereocenters. The van der Waals surface area contributed by atoms with Gasteiger partial charge in [-0.2, -0.15) is 4.31 Å². The van der Waals surface area contributed by atoms with Crippen LogP contribution in [0.2, 0.25) is 5.02 Å². The van der Waals surface area contributed by atoms with Gasteiger partial charge in [0, 0.05) is 35.1 Å². The SMILES string of the molecule is O=C(NC1CCN(S(=O)(=O)/C=C/c2ccc(Cl)cc2)CC1)c1ccccc1. The van der Waals surface area contributed by atoms with E-state index in [0.29, 0.717) is 36.5 Å². The molecule has 1 saturated heterocycles. The van der Waals surface area contributed by atoms with Crippen LogP contribution >= 0.6 is 11.6 Å². The molecule has 0 aromatic heterocycles. The van der Waals surface area contributed by atoms with Gasteiger partial charge in [0.05, 0.1) is 0 Å². The van der Waals surface area contributed by atoms with Crippen LogP contribution in [0.25, 0.3) is 6.08 Å². The molecule has 1 aliphatic rings. The number of sulfonamides is 1. The number of carbonyl (C=O) groups is 1. The molecule has 1 fully saturated rings. The fourth-order valence-electron chi connectivity index (χ4n) is 2.94. The average molecular weight is 405 g/mol. The maximum absolute atomic E-state index is 12.5. The molecule has 7 heteroatoms. The van der Waals surface area contributed by atoms with E-state index in [-0.39, 0.29) is 11.9 Å². The summed E-state index contributed by atoms with van der Waals surface area (Å²) in [6, 6.07) is 16.0. The van der Waals surface area contributed by atoms with Crippen LogP contribution in [0, 0.1) is 0 Å². The summed E-state index contributed by atoms with van der Waals surface area (Å²) in [5.74, 6) is -0.125. The molecule has 0 bridgehead atoms. The van der Waals surface area contributed by atoms with Crippen molar-refractivity contribution >= 4 is 33.6 Å². The Hall–Kier alpha value is -2.15. The van der Waals surface area contributed by atoms with Crippen LogP contribution in [0.5, 0.6) is 0 Å². The van der Waals surface area contributed by atoms with Gasteiger partial charge in [-0.05, 0) is 48.7 Å². The zero-order valence-corrected chi connectivity index (χ0v) is 16.3. The van der Waals surface area contributed by atoms with Crippen LogP contribution < -0.4 is 5.32 Å². The van der Waals surface area contributed by atoms with Gasteiger partial charge in [0.15, 0.2) is 0 Å². The average Bonchev–Trinajstić information content (AvgIpc) is 2.69. The van der Waals surface area contributed by atoms with Crippen molar-refractivity contribution < 1.29 is 13.2 Å². The van der Waals surface area contributed by atoms with Gasteiger partial charge in [-0.1, -0.05) is 41.9 Å². The van der Waals surface area contributed by atoms with E-state index in [4.69, 9.17) is 11.6 Å². The quantitative estimate of drug-likeness (QED) is 0.828. The van der Waals surface area contributed by atoms with E-state index in [0.717, 1.165) is 5.56 Å². The van der Waals surface area contributed by atoms with E-state index >= 15 is 0 Å². The summed E-state index contributed by atoms with van der Waals surface area (Å²) in [6.07, 6.45) is 2.74. The molecular formula is C20H21ClN2O3S. The van der Waals surface area contributed by atoms with E-state index in [1.165, 1.54) is 9.71 Å². The van der Waals surface area contributed by atoms with Gasteiger partial charge in [-0.3, -0.25) is 4.79 Å². The van der Waals surface area contributed by atoms with E-state index in [1.807, 2.05) is 18.2 Å². The van der Waals surface area contributed by atoms with Crippen molar-refractivity contribution in [3.8, 4) is 0 Å². The summed E-state index contributed by atoms with van der Waals surface area (Å²) in [6.45, 7) is 0.764. The van der Waals surface area contributed by atoms with Gasteiger partial charge in [0.25, 0.3) is 5.91 Å². The number of amides is 1. The zero-order valence-electron chi connectivity index (χ0n) is 14.7. The molecule has 0 aliphatic carbocycles.